The Labute approximate surface area is 332 Å². The molecule has 4 amide bonds. The maximum atomic E-state index is 14.6. The lowest BCUT2D eigenvalue weighted by atomic mass is 9.85. The zero-order valence-electron chi connectivity index (χ0n) is 31.6. The molecule has 0 bridgehead atoms. The van der Waals surface area contributed by atoms with Crippen LogP contribution < -0.4 is 20.7 Å². The Morgan fingerprint density at radius 1 is 1.13 bits per heavy atom. The van der Waals surface area contributed by atoms with Crippen molar-refractivity contribution >= 4 is 73.1 Å². The van der Waals surface area contributed by atoms with Crippen LogP contribution in [-0.4, -0.2) is 86.1 Å². The molecule has 1 saturated heterocycles. The zero-order valence-corrected chi connectivity index (χ0v) is 34.0. The van der Waals surface area contributed by atoms with Crippen molar-refractivity contribution in [1.29, 1.82) is 0 Å². The number of carbonyl (C=O) groups is 5. The second-order valence-electron chi connectivity index (χ2n) is 15.6. The lowest BCUT2D eigenvalue weighted by molar-refractivity contribution is -0.146. The quantitative estimate of drug-likeness (QED) is 0.150. The number of carboxylic acids is 1. The van der Waals surface area contributed by atoms with Gasteiger partial charge in [-0.05, 0) is 78.1 Å². The lowest BCUT2D eigenvalue weighted by Crippen LogP contribution is -2.59. The van der Waals surface area contributed by atoms with Gasteiger partial charge in [0.1, 0.15) is 41.3 Å². The van der Waals surface area contributed by atoms with E-state index in [9.17, 15) is 29.1 Å². The summed E-state index contributed by atoms with van der Waals surface area (Å²) in [5, 5.41) is 21.2. The average Bonchev–Trinajstić information content (AvgIpc) is 3.53. The number of nitrogens with zero attached hydrogens (tertiary/aromatic N) is 3. The van der Waals surface area contributed by atoms with Crippen molar-refractivity contribution in [2.24, 2.45) is 11.3 Å². The van der Waals surface area contributed by atoms with Crippen LogP contribution >= 0.6 is 27.3 Å². The van der Waals surface area contributed by atoms with E-state index in [0.717, 1.165) is 31.2 Å². The Balaban J connectivity index is 1.33. The molecule has 294 valence electrons. The van der Waals surface area contributed by atoms with Gasteiger partial charge in [0.25, 0.3) is 0 Å². The number of hydrogen-bond acceptors (Lipinski definition) is 10. The summed E-state index contributed by atoms with van der Waals surface area (Å²) in [6.07, 6.45) is 3.79. The Morgan fingerprint density at radius 2 is 1.85 bits per heavy atom. The molecule has 2 saturated carbocycles. The number of halogens is 1. The number of likely N-dealkylation sites (tertiary alicyclic amines) is 1. The van der Waals surface area contributed by atoms with Crippen molar-refractivity contribution in [3.8, 4) is 17.1 Å². The number of thiazole rings is 1. The standard InChI is InChI=1S/C39H47BrN6O8S/c1-7-21-17-39(21,35(50)51)45-33(48)28-15-23(18-46(28)34(49)32(38(4,5)6)44-37(52)54-22-11-9-10-12-22)53-29-16-26(27-19-55-36(42-27)43-30(47)8-2)41-31-24(29)13-20(3)14-25(31)40/h7,13-14,16,19,21-23,28,32H,1,8-12,15,17-18H2,2-6H3,(H,44,52)(H,45,48)(H,50,51)(H,42,43,47)/t21-,23-,28+,32-,39-/m1/s1. The van der Waals surface area contributed by atoms with E-state index in [-0.39, 0.29) is 31.4 Å². The first kappa shape index (κ1) is 40.1. The number of carboxylic acid groups (broad SMARTS) is 1. The molecule has 0 radical (unpaired) electrons. The number of aliphatic carboxylic acids is 1. The first-order valence-corrected chi connectivity index (χ1v) is 20.2. The molecule has 1 aliphatic heterocycles. The summed E-state index contributed by atoms with van der Waals surface area (Å²) >= 11 is 4.91. The fraction of sp³-hybridized carbons (Fsp3) is 0.513. The van der Waals surface area contributed by atoms with Crippen LogP contribution in [0.2, 0.25) is 0 Å². The predicted octanol–water partition coefficient (Wildman–Crippen LogP) is 6.36. The van der Waals surface area contributed by atoms with Gasteiger partial charge >= 0.3 is 12.1 Å². The molecule has 1 aromatic carbocycles. The third-order valence-corrected chi connectivity index (χ3v) is 11.8. The van der Waals surface area contributed by atoms with E-state index >= 15 is 0 Å². The van der Waals surface area contributed by atoms with E-state index in [2.05, 4.69) is 43.4 Å². The molecule has 0 unspecified atom stereocenters. The van der Waals surface area contributed by atoms with Gasteiger partial charge in [-0.3, -0.25) is 14.4 Å². The maximum absolute atomic E-state index is 14.6. The van der Waals surface area contributed by atoms with Gasteiger partial charge in [-0.1, -0.05) is 33.8 Å². The minimum atomic E-state index is -1.53. The highest BCUT2D eigenvalue weighted by Gasteiger charge is 2.61. The van der Waals surface area contributed by atoms with Crippen LogP contribution in [0.25, 0.3) is 22.3 Å². The van der Waals surface area contributed by atoms with Gasteiger partial charge in [0, 0.05) is 40.1 Å². The largest absolute Gasteiger partial charge is 0.488 e. The van der Waals surface area contributed by atoms with Crippen LogP contribution in [0.5, 0.6) is 5.75 Å². The number of benzene rings is 1. The van der Waals surface area contributed by atoms with Crippen molar-refractivity contribution in [1.82, 2.24) is 25.5 Å². The highest BCUT2D eigenvalue weighted by molar-refractivity contribution is 9.10. The van der Waals surface area contributed by atoms with Crippen LogP contribution in [0.3, 0.4) is 0 Å². The SMILES string of the molecule is C=C[C@@H]1C[C@]1(NC(=O)[C@@H]1C[C@@H](Oc2cc(-c3csc(NC(=O)CC)n3)nc3c(Br)cc(C)cc23)CN1C(=O)[C@@H](NC(=O)OC1CCCC1)C(C)(C)C)C(=O)O. The van der Waals surface area contributed by atoms with Gasteiger partial charge in [-0.2, -0.15) is 0 Å². The number of aromatic nitrogens is 2. The van der Waals surface area contributed by atoms with E-state index in [0.29, 0.717) is 44.1 Å². The van der Waals surface area contributed by atoms with Gasteiger partial charge in [-0.15, -0.1) is 17.9 Å². The number of anilines is 1. The second kappa shape index (κ2) is 15.9. The minimum Gasteiger partial charge on any atom is -0.488 e. The molecule has 0 spiro atoms. The molecule has 14 nitrogen and oxygen atoms in total. The second-order valence-corrected chi connectivity index (χ2v) is 17.3. The van der Waals surface area contributed by atoms with Crippen molar-refractivity contribution in [2.75, 3.05) is 11.9 Å². The summed E-state index contributed by atoms with van der Waals surface area (Å²) in [4.78, 5) is 77.1. The molecule has 2 aliphatic carbocycles. The van der Waals surface area contributed by atoms with Gasteiger partial charge in [0.05, 0.1) is 17.8 Å². The number of pyridine rings is 1. The molecule has 3 heterocycles. The molecular weight excluding hydrogens is 792 g/mol. The third-order valence-electron chi connectivity index (χ3n) is 10.4. The summed E-state index contributed by atoms with van der Waals surface area (Å²) in [5.74, 6) is -2.56. The number of rotatable bonds is 12. The molecular formula is C39H47BrN6O8S. The smallest absolute Gasteiger partial charge is 0.408 e. The number of alkyl carbamates (subject to hydrolysis) is 1. The van der Waals surface area contributed by atoms with E-state index < -0.39 is 58.9 Å². The topological polar surface area (TPSA) is 189 Å². The number of hydrogen-bond donors (Lipinski definition) is 4. The van der Waals surface area contributed by atoms with Gasteiger partial charge in [-0.25, -0.2) is 19.6 Å². The third kappa shape index (κ3) is 8.64. The van der Waals surface area contributed by atoms with E-state index in [1.165, 1.54) is 22.3 Å². The molecule has 3 aromatic rings. The molecule has 16 heteroatoms. The molecule has 5 atom stereocenters. The first-order valence-electron chi connectivity index (χ1n) is 18.5. The van der Waals surface area contributed by atoms with Crippen LogP contribution in [0.1, 0.15) is 78.2 Å². The van der Waals surface area contributed by atoms with E-state index in [1.807, 2.05) is 39.8 Å². The molecule has 3 fully saturated rings. The summed E-state index contributed by atoms with van der Waals surface area (Å²) < 4.78 is 13.1. The van der Waals surface area contributed by atoms with Gasteiger partial charge < -0.3 is 35.4 Å². The van der Waals surface area contributed by atoms with Crippen LogP contribution in [0, 0.1) is 18.3 Å². The summed E-state index contributed by atoms with van der Waals surface area (Å²) in [7, 11) is 0. The predicted molar refractivity (Wildman–Crippen MR) is 211 cm³/mol. The number of nitrogens with one attached hydrogen (secondary N) is 3. The lowest BCUT2D eigenvalue weighted by Gasteiger charge is -2.35. The Morgan fingerprint density at radius 3 is 2.49 bits per heavy atom. The molecule has 2 aromatic heterocycles. The number of amides is 4. The number of aryl methyl sites for hydroxylation is 1. The molecule has 3 aliphatic rings. The first-order chi connectivity index (χ1) is 26.0. The number of carbonyl (C=O) groups excluding carboxylic acids is 4. The fourth-order valence-corrected chi connectivity index (χ4v) is 8.66. The van der Waals surface area contributed by atoms with Gasteiger partial charge in [0.2, 0.25) is 17.7 Å². The van der Waals surface area contributed by atoms with Crippen molar-refractivity contribution in [3.05, 3.63) is 46.3 Å². The fourth-order valence-electron chi connectivity index (χ4n) is 7.27. The average molecular weight is 840 g/mol. The number of fused-ring (bicyclic) bond motifs is 1. The molecule has 6 rings (SSSR count). The summed E-state index contributed by atoms with van der Waals surface area (Å²) in [6.45, 7) is 12.8. The maximum Gasteiger partial charge on any atom is 0.408 e. The van der Waals surface area contributed by atoms with Crippen LogP contribution in [-0.2, 0) is 23.9 Å². The Kier molecular flexibility index (Phi) is 11.6. The number of ether oxygens (including phenoxy) is 2. The van der Waals surface area contributed by atoms with E-state index in [4.69, 9.17) is 14.5 Å². The van der Waals surface area contributed by atoms with Gasteiger partial charge in [0.15, 0.2) is 5.13 Å². The van der Waals surface area contributed by atoms with Crippen molar-refractivity contribution < 1.29 is 38.6 Å². The Bertz CT molecular complexity index is 2030. The monoisotopic (exact) mass is 838 g/mol. The molecule has 55 heavy (non-hydrogen) atoms. The Hall–Kier alpha value is -4.57. The summed E-state index contributed by atoms with van der Waals surface area (Å²) in [5.41, 5.74) is 0.201. The van der Waals surface area contributed by atoms with Crippen LogP contribution in [0.15, 0.2) is 40.7 Å². The molecule has 4 N–H and O–H groups in total. The van der Waals surface area contributed by atoms with Crippen molar-refractivity contribution in [3.63, 3.8) is 0 Å². The van der Waals surface area contributed by atoms with Crippen LogP contribution in [0.4, 0.5) is 9.93 Å². The minimum absolute atomic E-state index is 0.0332. The van der Waals surface area contributed by atoms with Crippen molar-refractivity contribution in [2.45, 2.75) is 109 Å². The normalized spacial score (nSPS) is 22.9. The highest BCUT2D eigenvalue weighted by Crippen LogP contribution is 2.45. The van der Waals surface area contributed by atoms with E-state index in [1.54, 1.807) is 18.4 Å². The summed E-state index contributed by atoms with van der Waals surface area (Å²) in [6, 6.07) is 3.39. The zero-order chi connectivity index (χ0) is 39.8. The highest BCUT2D eigenvalue weighted by atomic mass is 79.9.